The molecule has 0 spiro atoms. The minimum absolute atomic E-state index is 0.121. The van der Waals surface area contributed by atoms with Crippen LogP contribution in [0.5, 0.6) is 5.75 Å². The highest BCUT2D eigenvalue weighted by atomic mass is 16.5. The van der Waals surface area contributed by atoms with Crippen LogP contribution in [0.4, 0.5) is 5.69 Å². The fourth-order valence-electron chi connectivity index (χ4n) is 3.35. The van der Waals surface area contributed by atoms with Crippen LogP contribution in [0.25, 0.3) is 0 Å². The number of hydrogen-bond acceptors (Lipinski definition) is 4. The van der Waals surface area contributed by atoms with Crippen LogP contribution < -0.4 is 9.64 Å². The van der Waals surface area contributed by atoms with E-state index in [2.05, 4.69) is 0 Å². The lowest BCUT2D eigenvalue weighted by molar-refractivity contribution is -0.118. The number of rotatable bonds is 6. The smallest absolute Gasteiger partial charge is 0.294 e. The number of Topliss-reactive ketones (excluding diaryl/α,β-unsaturated/α-hetero) is 1. The molecule has 0 saturated heterocycles. The SMILES string of the molecule is COc1cccc(N2C(=O)C(O)=C(C(=O)CC(C)C)C2c2ccccc2)c1. The van der Waals surface area contributed by atoms with Gasteiger partial charge in [-0.3, -0.25) is 14.5 Å². The number of amides is 1. The Labute approximate surface area is 158 Å². The fraction of sp³-hybridized carbons (Fsp3) is 0.273. The fourth-order valence-corrected chi connectivity index (χ4v) is 3.35. The molecule has 0 saturated carbocycles. The molecule has 0 bridgehead atoms. The number of carbonyl (C=O) groups is 2. The van der Waals surface area contributed by atoms with Crippen molar-refractivity contribution in [3.63, 3.8) is 0 Å². The van der Waals surface area contributed by atoms with E-state index in [1.807, 2.05) is 44.2 Å². The first-order valence-electron chi connectivity index (χ1n) is 8.93. The van der Waals surface area contributed by atoms with Crippen molar-refractivity contribution in [3.05, 3.63) is 71.5 Å². The minimum atomic E-state index is -0.669. The van der Waals surface area contributed by atoms with Gasteiger partial charge in [0, 0.05) is 18.2 Å². The van der Waals surface area contributed by atoms with Crippen molar-refractivity contribution >= 4 is 17.4 Å². The van der Waals surface area contributed by atoms with Crippen molar-refractivity contribution in [2.24, 2.45) is 5.92 Å². The molecular formula is C22H23NO4. The molecule has 1 amide bonds. The number of hydrogen-bond donors (Lipinski definition) is 1. The largest absolute Gasteiger partial charge is 0.503 e. The van der Waals surface area contributed by atoms with E-state index in [9.17, 15) is 14.7 Å². The number of carbonyl (C=O) groups excluding carboxylic acids is 2. The van der Waals surface area contributed by atoms with Crippen LogP contribution in [0, 0.1) is 5.92 Å². The van der Waals surface area contributed by atoms with E-state index in [-0.39, 0.29) is 23.7 Å². The zero-order valence-corrected chi connectivity index (χ0v) is 15.7. The summed E-state index contributed by atoms with van der Waals surface area (Å²) in [6, 6.07) is 15.6. The Morgan fingerprint density at radius 2 is 1.85 bits per heavy atom. The number of ketones is 1. The van der Waals surface area contributed by atoms with E-state index in [0.717, 1.165) is 5.56 Å². The quantitative estimate of drug-likeness (QED) is 0.833. The van der Waals surface area contributed by atoms with Crippen molar-refractivity contribution in [2.75, 3.05) is 12.0 Å². The molecule has 1 aliphatic rings. The molecule has 1 unspecified atom stereocenters. The molecular weight excluding hydrogens is 342 g/mol. The predicted octanol–water partition coefficient (Wildman–Crippen LogP) is 4.21. The van der Waals surface area contributed by atoms with E-state index in [1.165, 1.54) is 4.90 Å². The first-order chi connectivity index (χ1) is 12.9. The second kappa shape index (κ2) is 7.66. The van der Waals surface area contributed by atoms with Gasteiger partial charge in [0.1, 0.15) is 5.75 Å². The van der Waals surface area contributed by atoms with Gasteiger partial charge in [0.15, 0.2) is 11.5 Å². The zero-order valence-electron chi connectivity index (χ0n) is 15.7. The molecule has 140 valence electrons. The summed E-state index contributed by atoms with van der Waals surface area (Å²) in [5.41, 5.74) is 1.49. The molecule has 1 atom stereocenters. The third-order valence-electron chi connectivity index (χ3n) is 4.55. The Hall–Kier alpha value is -3.08. The summed E-state index contributed by atoms with van der Waals surface area (Å²) in [5.74, 6) is -0.555. The standard InChI is InChI=1S/C22H23NO4/c1-14(2)12-18(24)19-20(15-8-5-4-6-9-15)23(22(26)21(19)25)16-10-7-11-17(13-16)27-3/h4-11,13-14,20,25H,12H2,1-3H3. The van der Waals surface area contributed by atoms with Crippen LogP contribution in [0.1, 0.15) is 31.9 Å². The van der Waals surface area contributed by atoms with E-state index in [0.29, 0.717) is 11.4 Å². The Bertz CT molecular complexity index is 886. The molecule has 1 N–H and O–H groups in total. The lowest BCUT2D eigenvalue weighted by atomic mass is 9.92. The van der Waals surface area contributed by atoms with Crippen molar-refractivity contribution in [1.82, 2.24) is 0 Å². The Kier molecular flexibility index (Phi) is 5.31. The Balaban J connectivity index is 2.13. The van der Waals surface area contributed by atoms with Crippen LogP contribution in [0.3, 0.4) is 0 Å². The van der Waals surface area contributed by atoms with E-state index < -0.39 is 17.7 Å². The number of benzene rings is 2. The van der Waals surface area contributed by atoms with Crippen LogP contribution >= 0.6 is 0 Å². The molecule has 0 aromatic heterocycles. The van der Waals surface area contributed by atoms with Gasteiger partial charge in [-0.2, -0.15) is 0 Å². The minimum Gasteiger partial charge on any atom is -0.503 e. The average Bonchev–Trinajstić information content (AvgIpc) is 2.93. The number of aliphatic hydroxyl groups excluding tert-OH is 1. The maximum Gasteiger partial charge on any atom is 0.294 e. The molecule has 1 heterocycles. The van der Waals surface area contributed by atoms with Gasteiger partial charge in [0.2, 0.25) is 0 Å². The molecule has 3 rings (SSSR count). The van der Waals surface area contributed by atoms with Gasteiger partial charge >= 0.3 is 0 Å². The molecule has 0 aliphatic carbocycles. The number of nitrogens with zero attached hydrogens (tertiary/aromatic N) is 1. The Morgan fingerprint density at radius 1 is 1.15 bits per heavy atom. The van der Waals surface area contributed by atoms with Gasteiger partial charge in [-0.25, -0.2) is 0 Å². The molecule has 27 heavy (non-hydrogen) atoms. The normalized spacial score (nSPS) is 17.0. The predicted molar refractivity (Wildman–Crippen MR) is 104 cm³/mol. The molecule has 5 nitrogen and oxygen atoms in total. The maximum absolute atomic E-state index is 12.9. The second-order valence-corrected chi connectivity index (χ2v) is 6.97. The van der Waals surface area contributed by atoms with Crippen LogP contribution in [-0.2, 0) is 9.59 Å². The summed E-state index contributed by atoms with van der Waals surface area (Å²) in [6.45, 7) is 3.87. The van der Waals surface area contributed by atoms with Crippen molar-refractivity contribution < 1.29 is 19.4 Å². The van der Waals surface area contributed by atoms with Crippen molar-refractivity contribution in [3.8, 4) is 5.75 Å². The highest BCUT2D eigenvalue weighted by molar-refractivity contribution is 6.16. The molecule has 5 heteroatoms. The molecule has 0 fully saturated rings. The highest BCUT2D eigenvalue weighted by Gasteiger charge is 2.44. The lowest BCUT2D eigenvalue weighted by Crippen LogP contribution is -2.31. The molecule has 2 aromatic rings. The van der Waals surface area contributed by atoms with Gasteiger partial charge in [-0.05, 0) is 23.6 Å². The number of anilines is 1. The third kappa shape index (κ3) is 3.58. The summed E-state index contributed by atoms with van der Waals surface area (Å²) >= 11 is 0. The van der Waals surface area contributed by atoms with Crippen LogP contribution in [0.2, 0.25) is 0 Å². The first-order valence-corrected chi connectivity index (χ1v) is 8.93. The van der Waals surface area contributed by atoms with Gasteiger partial charge in [-0.15, -0.1) is 0 Å². The lowest BCUT2D eigenvalue weighted by Gasteiger charge is -2.27. The zero-order chi connectivity index (χ0) is 19.6. The summed E-state index contributed by atoms with van der Waals surface area (Å²) in [4.78, 5) is 27.2. The van der Waals surface area contributed by atoms with Gasteiger partial charge < -0.3 is 9.84 Å². The highest BCUT2D eigenvalue weighted by Crippen LogP contribution is 2.42. The summed E-state index contributed by atoms with van der Waals surface area (Å²) in [6.07, 6.45) is 0.266. The summed E-state index contributed by atoms with van der Waals surface area (Å²) in [7, 11) is 1.55. The van der Waals surface area contributed by atoms with Crippen LogP contribution in [-0.4, -0.2) is 23.9 Å². The number of ether oxygens (including phenoxy) is 1. The molecule has 0 radical (unpaired) electrons. The van der Waals surface area contributed by atoms with E-state index >= 15 is 0 Å². The van der Waals surface area contributed by atoms with Gasteiger partial charge in [0.05, 0.1) is 18.7 Å². The topological polar surface area (TPSA) is 66.8 Å². The van der Waals surface area contributed by atoms with Crippen LogP contribution in [0.15, 0.2) is 65.9 Å². The van der Waals surface area contributed by atoms with E-state index in [4.69, 9.17) is 4.74 Å². The summed E-state index contributed by atoms with van der Waals surface area (Å²) in [5, 5.41) is 10.6. The number of aliphatic hydroxyl groups is 1. The van der Waals surface area contributed by atoms with Gasteiger partial charge in [-0.1, -0.05) is 50.2 Å². The van der Waals surface area contributed by atoms with E-state index in [1.54, 1.807) is 31.4 Å². The van der Waals surface area contributed by atoms with Crippen molar-refractivity contribution in [2.45, 2.75) is 26.3 Å². The second-order valence-electron chi connectivity index (χ2n) is 6.97. The van der Waals surface area contributed by atoms with Crippen molar-refractivity contribution in [1.29, 1.82) is 0 Å². The first kappa shape index (κ1) is 18.7. The van der Waals surface area contributed by atoms with Gasteiger partial charge in [0.25, 0.3) is 5.91 Å². The molecule has 2 aromatic carbocycles. The molecule has 1 aliphatic heterocycles. The average molecular weight is 365 g/mol. The number of methoxy groups -OCH3 is 1. The summed E-state index contributed by atoms with van der Waals surface area (Å²) < 4.78 is 5.26. The Morgan fingerprint density at radius 3 is 2.48 bits per heavy atom. The maximum atomic E-state index is 12.9. The monoisotopic (exact) mass is 365 g/mol. The third-order valence-corrected chi connectivity index (χ3v) is 4.55.